The van der Waals surface area contributed by atoms with Gasteiger partial charge in [-0.3, -0.25) is 9.59 Å². The summed E-state index contributed by atoms with van der Waals surface area (Å²) in [4.78, 5) is 24.1. The summed E-state index contributed by atoms with van der Waals surface area (Å²) in [5, 5.41) is 5.80. The van der Waals surface area contributed by atoms with Crippen molar-refractivity contribution >= 4 is 11.8 Å². The Bertz CT molecular complexity index is 684. The van der Waals surface area contributed by atoms with Crippen molar-refractivity contribution in [3.05, 3.63) is 71.3 Å². The second-order valence-corrected chi connectivity index (χ2v) is 5.97. The lowest BCUT2D eigenvalue weighted by Gasteiger charge is -2.15. The molecule has 0 spiro atoms. The van der Waals surface area contributed by atoms with Crippen molar-refractivity contribution in [3.63, 3.8) is 0 Å². The fourth-order valence-electron chi connectivity index (χ4n) is 2.49. The molecule has 0 bridgehead atoms. The molecular weight excluding hydrogens is 314 g/mol. The molecular formula is C20H25N3O2. The Balaban J connectivity index is 1.88. The Morgan fingerprint density at radius 2 is 1.72 bits per heavy atom. The molecule has 1 atom stereocenters. The Hall–Kier alpha value is -2.66. The van der Waals surface area contributed by atoms with Gasteiger partial charge in [-0.1, -0.05) is 42.5 Å². The molecule has 0 aromatic heterocycles. The highest BCUT2D eigenvalue weighted by molar-refractivity contribution is 5.94. The van der Waals surface area contributed by atoms with Crippen LogP contribution in [0.4, 0.5) is 0 Å². The monoisotopic (exact) mass is 339 g/mol. The number of carbonyl (C=O) groups excluding carboxylic acids is 2. The lowest BCUT2D eigenvalue weighted by Crippen LogP contribution is -2.28. The van der Waals surface area contributed by atoms with Gasteiger partial charge in [0.05, 0.1) is 12.5 Å². The molecule has 25 heavy (non-hydrogen) atoms. The zero-order valence-corrected chi connectivity index (χ0v) is 14.5. The lowest BCUT2D eigenvalue weighted by molar-refractivity contribution is -0.121. The molecule has 5 heteroatoms. The first-order chi connectivity index (χ1) is 12.1. The molecule has 5 nitrogen and oxygen atoms in total. The number of rotatable bonds is 8. The predicted octanol–water partition coefficient (Wildman–Crippen LogP) is 2.19. The van der Waals surface area contributed by atoms with Gasteiger partial charge in [0, 0.05) is 12.1 Å². The van der Waals surface area contributed by atoms with Crippen LogP contribution in [-0.2, 0) is 11.2 Å². The van der Waals surface area contributed by atoms with E-state index in [9.17, 15) is 9.59 Å². The van der Waals surface area contributed by atoms with Crippen molar-refractivity contribution in [2.75, 3.05) is 13.1 Å². The minimum atomic E-state index is -0.120. The third kappa shape index (κ3) is 6.04. The van der Waals surface area contributed by atoms with E-state index in [4.69, 9.17) is 5.73 Å². The van der Waals surface area contributed by atoms with E-state index in [0.29, 0.717) is 25.1 Å². The van der Waals surface area contributed by atoms with E-state index in [1.165, 1.54) is 0 Å². The van der Waals surface area contributed by atoms with Crippen molar-refractivity contribution in [2.24, 2.45) is 5.73 Å². The number of amides is 2. The van der Waals surface area contributed by atoms with E-state index < -0.39 is 0 Å². The van der Waals surface area contributed by atoms with E-state index in [1.54, 1.807) is 12.1 Å². The molecule has 0 saturated heterocycles. The normalized spacial score (nSPS) is 11.6. The lowest BCUT2D eigenvalue weighted by atomic mass is 10.0. The molecule has 4 N–H and O–H groups in total. The van der Waals surface area contributed by atoms with Crippen LogP contribution in [0.1, 0.15) is 40.9 Å². The Labute approximate surface area is 148 Å². The van der Waals surface area contributed by atoms with Crippen LogP contribution in [0.15, 0.2) is 54.6 Å². The molecule has 0 aliphatic heterocycles. The summed E-state index contributed by atoms with van der Waals surface area (Å²) in [6, 6.07) is 16.8. The summed E-state index contributed by atoms with van der Waals surface area (Å²) >= 11 is 0. The van der Waals surface area contributed by atoms with E-state index >= 15 is 0 Å². The molecule has 1 unspecified atom stereocenters. The number of benzene rings is 2. The number of hydrogen-bond donors (Lipinski definition) is 3. The van der Waals surface area contributed by atoms with Crippen molar-refractivity contribution in [2.45, 2.75) is 25.8 Å². The first-order valence-corrected chi connectivity index (χ1v) is 8.51. The van der Waals surface area contributed by atoms with Crippen LogP contribution < -0.4 is 16.4 Å². The highest BCUT2D eigenvalue weighted by Gasteiger charge is 2.11. The van der Waals surface area contributed by atoms with Crippen molar-refractivity contribution in [1.82, 2.24) is 10.6 Å². The molecule has 0 saturated carbocycles. The van der Waals surface area contributed by atoms with E-state index in [2.05, 4.69) is 10.6 Å². The molecule has 2 rings (SSSR count). The van der Waals surface area contributed by atoms with Crippen molar-refractivity contribution in [1.29, 1.82) is 0 Å². The van der Waals surface area contributed by atoms with Gasteiger partial charge in [0.2, 0.25) is 5.91 Å². The largest absolute Gasteiger partial charge is 0.352 e. The van der Waals surface area contributed by atoms with Gasteiger partial charge in [-0.05, 0) is 43.1 Å². The SMILES string of the molecule is CC(NC(=O)Cc1ccccc1)c1ccc(C(=O)NCCCN)cc1. The topological polar surface area (TPSA) is 84.2 Å². The molecule has 0 aliphatic rings. The summed E-state index contributed by atoms with van der Waals surface area (Å²) in [5.41, 5.74) is 7.95. The minimum Gasteiger partial charge on any atom is -0.352 e. The molecule has 0 fully saturated rings. The van der Waals surface area contributed by atoms with E-state index in [1.807, 2.05) is 49.4 Å². The van der Waals surface area contributed by atoms with Crippen LogP contribution in [0.25, 0.3) is 0 Å². The standard InChI is InChI=1S/C20H25N3O2/c1-15(23-19(24)14-16-6-3-2-4-7-16)17-8-10-18(11-9-17)20(25)22-13-5-12-21/h2-4,6-11,15H,5,12-14,21H2,1H3,(H,22,25)(H,23,24). The van der Waals surface area contributed by atoms with E-state index in [0.717, 1.165) is 17.5 Å². The van der Waals surface area contributed by atoms with Gasteiger partial charge in [0.25, 0.3) is 5.91 Å². The number of hydrogen-bond acceptors (Lipinski definition) is 3. The fourth-order valence-corrected chi connectivity index (χ4v) is 2.49. The highest BCUT2D eigenvalue weighted by Crippen LogP contribution is 2.14. The van der Waals surface area contributed by atoms with Gasteiger partial charge in [0.1, 0.15) is 0 Å². The number of nitrogens with two attached hydrogens (primary N) is 1. The molecule has 132 valence electrons. The minimum absolute atomic E-state index is 0.0256. The number of carbonyl (C=O) groups is 2. The summed E-state index contributed by atoms with van der Waals surface area (Å²) < 4.78 is 0. The third-order valence-corrected chi connectivity index (χ3v) is 3.92. The maximum Gasteiger partial charge on any atom is 0.251 e. The van der Waals surface area contributed by atoms with Gasteiger partial charge in [0.15, 0.2) is 0 Å². The van der Waals surface area contributed by atoms with Gasteiger partial charge in [-0.15, -0.1) is 0 Å². The van der Waals surface area contributed by atoms with E-state index in [-0.39, 0.29) is 17.9 Å². The zero-order valence-electron chi connectivity index (χ0n) is 14.5. The summed E-state index contributed by atoms with van der Waals surface area (Å²) in [6.45, 7) is 3.06. The van der Waals surface area contributed by atoms with Crippen LogP contribution in [0.5, 0.6) is 0 Å². The number of nitrogens with one attached hydrogen (secondary N) is 2. The second-order valence-electron chi connectivity index (χ2n) is 5.97. The summed E-state index contributed by atoms with van der Waals surface area (Å²) in [5.74, 6) is -0.136. The smallest absolute Gasteiger partial charge is 0.251 e. The Morgan fingerprint density at radius 3 is 2.36 bits per heavy atom. The van der Waals surface area contributed by atoms with Crippen LogP contribution in [-0.4, -0.2) is 24.9 Å². The maximum atomic E-state index is 12.1. The quantitative estimate of drug-likeness (QED) is 0.645. The first kappa shape index (κ1) is 18.7. The van der Waals surface area contributed by atoms with Gasteiger partial charge >= 0.3 is 0 Å². The third-order valence-electron chi connectivity index (χ3n) is 3.92. The molecule has 2 aromatic rings. The highest BCUT2D eigenvalue weighted by atomic mass is 16.2. The van der Waals surface area contributed by atoms with Crippen LogP contribution in [0, 0.1) is 0 Å². The van der Waals surface area contributed by atoms with Crippen molar-refractivity contribution < 1.29 is 9.59 Å². The van der Waals surface area contributed by atoms with Crippen LogP contribution >= 0.6 is 0 Å². The summed E-state index contributed by atoms with van der Waals surface area (Å²) in [7, 11) is 0. The summed E-state index contributed by atoms with van der Waals surface area (Å²) in [6.07, 6.45) is 1.11. The zero-order chi connectivity index (χ0) is 18.1. The fraction of sp³-hybridized carbons (Fsp3) is 0.300. The van der Waals surface area contributed by atoms with Gasteiger partial charge in [-0.2, -0.15) is 0 Å². The first-order valence-electron chi connectivity index (χ1n) is 8.51. The van der Waals surface area contributed by atoms with Crippen LogP contribution in [0.3, 0.4) is 0 Å². The van der Waals surface area contributed by atoms with Gasteiger partial charge in [-0.25, -0.2) is 0 Å². The van der Waals surface area contributed by atoms with Gasteiger partial charge < -0.3 is 16.4 Å². The predicted molar refractivity (Wildman–Crippen MR) is 99.2 cm³/mol. The molecule has 2 amide bonds. The Kier molecular flexibility index (Phi) is 7.16. The average molecular weight is 339 g/mol. The average Bonchev–Trinajstić information content (AvgIpc) is 2.62. The van der Waals surface area contributed by atoms with Crippen LogP contribution in [0.2, 0.25) is 0 Å². The second kappa shape index (κ2) is 9.59. The maximum absolute atomic E-state index is 12.1. The van der Waals surface area contributed by atoms with Crippen molar-refractivity contribution in [3.8, 4) is 0 Å². The Morgan fingerprint density at radius 1 is 1.04 bits per heavy atom. The molecule has 2 aromatic carbocycles. The molecule has 0 radical (unpaired) electrons. The molecule has 0 heterocycles. The molecule has 0 aliphatic carbocycles.